The van der Waals surface area contributed by atoms with E-state index >= 15 is 0 Å². The molecule has 2 heterocycles. The highest BCUT2D eigenvalue weighted by atomic mass is 16.5. The van der Waals surface area contributed by atoms with E-state index in [2.05, 4.69) is 15.3 Å². The van der Waals surface area contributed by atoms with E-state index in [0.717, 1.165) is 42.9 Å². The lowest BCUT2D eigenvalue weighted by Crippen LogP contribution is -2.32. The largest absolute Gasteiger partial charge is 0.457 e. The fourth-order valence-corrected chi connectivity index (χ4v) is 3.44. The Hall–Kier alpha value is -2.99. The molecule has 1 fully saturated rings. The van der Waals surface area contributed by atoms with E-state index in [9.17, 15) is 4.79 Å². The maximum Gasteiger partial charge on any atom is 0.251 e. The average Bonchev–Trinajstić information content (AvgIpc) is 2.84. The SMILES string of the molecule is C/C=C(\C=NC)c1cc(Oc2cccc(C(=O)NCC3CCOCC3)c2C)ccn1.CC. The van der Waals surface area contributed by atoms with Crippen LogP contribution in [0.15, 0.2) is 47.6 Å². The van der Waals surface area contributed by atoms with E-state index in [4.69, 9.17) is 9.47 Å². The molecule has 2 aromatic rings. The first-order valence-electron chi connectivity index (χ1n) is 11.3. The second-order valence-corrected chi connectivity index (χ2v) is 7.30. The Morgan fingerprint density at radius 1 is 1.28 bits per heavy atom. The summed E-state index contributed by atoms with van der Waals surface area (Å²) in [4.78, 5) is 21.2. The van der Waals surface area contributed by atoms with Crippen molar-refractivity contribution in [1.82, 2.24) is 10.3 Å². The van der Waals surface area contributed by atoms with E-state index in [0.29, 0.717) is 29.5 Å². The van der Waals surface area contributed by atoms with Gasteiger partial charge < -0.3 is 14.8 Å². The lowest BCUT2D eigenvalue weighted by molar-refractivity contribution is 0.0642. The topological polar surface area (TPSA) is 72.8 Å². The molecule has 0 radical (unpaired) electrons. The van der Waals surface area contributed by atoms with Crippen LogP contribution in [0.4, 0.5) is 0 Å². The molecule has 172 valence electrons. The zero-order valence-electron chi connectivity index (χ0n) is 19.9. The highest BCUT2D eigenvalue weighted by Gasteiger charge is 2.17. The van der Waals surface area contributed by atoms with E-state index in [1.165, 1.54) is 0 Å². The number of pyridine rings is 1. The van der Waals surface area contributed by atoms with E-state index < -0.39 is 0 Å². The quantitative estimate of drug-likeness (QED) is 0.583. The van der Waals surface area contributed by atoms with Gasteiger partial charge >= 0.3 is 0 Å². The molecule has 1 aliphatic heterocycles. The molecule has 1 amide bonds. The maximum atomic E-state index is 12.7. The number of nitrogens with zero attached hydrogens (tertiary/aromatic N) is 2. The minimum Gasteiger partial charge on any atom is -0.457 e. The van der Waals surface area contributed by atoms with Crippen molar-refractivity contribution in [3.63, 3.8) is 0 Å². The molecule has 1 N–H and O–H groups in total. The Morgan fingerprint density at radius 3 is 2.72 bits per heavy atom. The van der Waals surface area contributed by atoms with Gasteiger partial charge in [-0.15, -0.1) is 0 Å². The summed E-state index contributed by atoms with van der Waals surface area (Å²) in [5.74, 6) is 1.71. The molecule has 0 atom stereocenters. The van der Waals surface area contributed by atoms with Gasteiger partial charge in [-0.25, -0.2) is 0 Å². The van der Waals surface area contributed by atoms with Crippen LogP contribution in [-0.4, -0.2) is 43.9 Å². The second kappa shape index (κ2) is 13.4. The average molecular weight is 438 g/mol. The third-order valence-electron chi connectivity index (χ3n) is 5.26. The van der Waals surface area contributed by atoms with Crippen molar-refractivity contribution in [3.05, 3.63) is 59.4 Å². The summed E-state index contributed by atoms with van der Waals surface area (Å²) in [5.41, 5.74) is 3.13. The zero-order chi connectivity index (χ0) is 23.3. The van der Waals surface area contributed by atoms with Gasteiger partial charge in [-0.2, -0.15) is 0 Å². The lowest BCUT2D eigenvalue weighted by Gasteiger charge is -2.22. The highest BCUT2D eigenvalue weighted by Crippen LogP contribution is 2.28. The monoisotopic (exact) mass is 437 g/mol. The molecule has 3 rings (SSSR count). The number of hydrogen-bond acceptors (Lipinski definition) is 5. The summed E-state index contributed by atoms with van der Waals surface area (Å²) < 4.78 is 11.5. The molecule has 6 heteroatoms. The number of carbonyl (C=O) groups excluding carboxylic acids is 1. The van der Waals surface area contributed by atoms with Gasteiger partial charge in [0, 0.05) is 62.0 Å². The highest BCUT2D eigenvalue weighted by molar-refractivity contribution is 6.08. The van der Waals surface area contributed by atoms with Crippen LogP contribution in [0.3, 0.4) is 0 Å². The summed E-state index contributed by atoms with van der Waals surface area (Å²) in [7, 11) is 1.73. The smallest absolute Gasteiger partial charge is 0.251 e. The molecule has 6 nitrogen and oxygen atoms in total. The maximum absolute atomic E-state index is 12.7. The first-order valence-corrected chi connectivity index (χ1v) is 11.3. The number of carbonyl (C=O) groups is 1. The number of ether oxygens (including phenoxy) is 2. The Kier molecular flexibility index (Phi) is 10.6. The van der Waals surface area contributed by atoms with Crippen molar-refractivity contribution in [2.45, 2.75) is 40.5 Å². The van der Waals surface area contributed by atoms with Crippen LogP contribution >= 0.6 is 0 Å². The molecule has 0 spiro atoms. The van der Waals surface area contributed by atoms with Crippen molar-refractivity contribution in [2.75, 3.05) is 26.8 Å². The number of allylic oxidation sites excluding steroid dienone is 2. The molecular weight excluding hydrogens is 402 g/mol. The molecule has 0 aliphatic carbocycles. The van der Waals surface area contributed by atoms with E-state index in [-0.39, 0.29) is 5.91 Å². The number of rotatable bonds is 7. The van der Waals surface area contributed by atoms with Crippen molar-refractivity contribution < 1.29 is 14.3 Å². The molecule has 0 saturated carbocycles. The standard InChI is InChI=1S/C24H29N3O3.C2H6/c1-4-19(16-25-3)22-14-20(8-11-26-22)30-23-7-5-6-21(17(23)2)24(28)27-15-18-9-12-29-13-10-18;1-2/h4-8,11,14,16,18H,9-10,12-13,15H2,1-3H3,(H,27,28);1-2H3/b19-4+,25-16?;. The Morgan fingerprint density at radius 2 is 2.03 bits per heavy atom. The molecule has 1 saturated heterocycles. The van der Waals surface area contributed by atoms with Gasteiger partial charge in [0.2, 0.25) is 0 Å². The minimum absolute atomic E-state index is 0.0739. The van der Waals surface area contributed by atoms with Crippen LogP contribution in [0.2, 0.25) is 0 Å². The molecule has 32 heavy (non-hydrogen) atoms. The van der Waals surface area contributed by atoms with Crippen LogP contribution in [-0.2, 0) is 4.74 Å². The first-order chi connectivity index (χ1) is 15.6. The summed E-state index contributed by atoms with van der Waals surface area (Å²) in [6.45, 7) is 10.1. The fourth-order valence-electron chi connectivity index (χ4n) is 3.44. The molecule has 1 aliphatic rings. The van der Waals surface area contributed by atoms with E-state index in [1.807, 2.05) is 58.0 Å². The van der Waals surface area contributed by atoms with Gasteiger partial charge in [0.15, 0.2) is 0 Å². The zero-order valence-corrected chi connectivity index (χ0v) is 19.9. The van der Waals surface area contributed by atoms with Crippen molar-refractivity contribution in [1.29, 1.82) is 0 Å². The van der Waals surface area contributed by atoms with Gasteiger partial charge in [-0.3, -0.25) is 14.8 Å². The van der Waals surface area contributed by atoms with Gasteiger partial charge in [0.25, 0.3) is 5.91 Å². The molecule has 0 unspecified atom stereocenters. The predicted octanol–water partition coefficient (Wildman–Crippen LogP) is 5.47. The number of benzene rings is 1. The van der Waals surface area contributed by atoms with Crippen molar-refractivity contribution in [3.8, 4) is 11.5 Å². The molecule has 1 aromatic heterocycles. The van der Waals surface area contributed by atoms with Gasteiger partial charge in [0.05, 0.1) is 5.69 Å². The van der Waals surface area contributed by atoms with Gasteiger partial charge in [-0.05, 0) is 50.8 Å². The van der Waals surface area contributed by atoms with Gasteiger partial charge in [-0.1, -0.05) is 26.0 Å². The summed E-state index contributed by atoms with van der Waals surface area (Å²) in [5, 5.41) is 3.06. The molecule has 0 bridgehead atoms. The lowest BCUT2D eigenvalue weighted by atomic mass is 10.00. The fraction of sp³-hybridized carbons (Fsp3) is 0.423. The summed E-state index contributed by atoms with van der Waals surface area (Å²) in [6.07, 6.45) is 7.40. The van der Waals surface area contributed by atoms with Crippen LogP contribution in [0.1, 0.15) is 55.2 Å². The minimum atomic E-state index is -0.0739. The molecule has 1 aromatic carbocycles. The number of amides is 1. The second-order valence-electron chi connectivity index (χ2n) is 7.30. The normalized spacial score (nSPS) is 14.6. The summed E-state index contributed by atoms with van der Waals surface area (Å²) >= 11 is 0. The number of aliphatic imine (C=N–C) groups is 1. The Balaban J connectivity index is 0.00000176. The Bertz CT molecular complexity index is 932. The molecular formula is C26H35N3O3. The van der Waals surface area contributed by atoms with Crippen LogP contribution < -0.4 is 10.1 Å². The Labute approximate surface area is 191 Å². The predicted molar refractivity (Wildman–Crippen MR) is 131 cm³/mol. The van der Waals surface area contributed by atoms with Crippen molar-refractivity contribution in [2.24, 2.45) is 10.9 Å². The van der Waals surface area contributed by atoms with Crippen molar-refractivity contribution >= 4 is 17.7 Å². The number of aromatic nitrogens is 1. The third-order valence-corrected chi connectivity index (χ3v) is 5.26. The number of hydrogen-bond donors (Lipinski definition) is 1. The van der Waals surface area contributed by atoms with E-state index in [1.54, 1.807) is 25.5 Å². The van der Waals surface area contributed by atoms with Crippen LogP contribution in [0, 0.1) is 12.8 Å². The first kappa shape index (κ1) is 25.3. The van der Waals surface area contributed by atoms with Crippen LogP contribution in [0.25, 0.3) is 5.57 Å². The summed E-state index contributed by atoms with van der Waals surface area (Å²) in [6, 6.07) is 9.21. The van der Waals surface area contributed by atoms with Crippen LogP contribution in [0.5, 0.6) is 11.5 Å². The third kappa shape index (κ3) is 7.02. The van der Waals surface area contributed by atoms with Gasteiger partial charge in [0.1, 0.15) is 11.5 Å². The number of nitrogens with one attached hydrogen (secondary N) is 1.